The van der Waals surface area contributed by atoms with Gasteiger partial charge in [-0.25, -0.2) is 0 Å². The number of allylic oxidation sites excluding steroid dienone is 1. The molecule has 0 heterocycles. The highest BCUT2D eigenvalue weighted by atomic mass is 16.1. The molecule has 1 unspecified atom stereocenters. The van der Waals surface area contributed by atoms with Crippen LogP contribution in [0, 0.1) is 0 Å². The molecule has 0 radical (unpaired) electrons. The number of Topliss-reactive ketones (excluding diaryl/α,β-unsaturated/α-hetero) is 1. The van der Waals surface area contributed by atoms with Gasteiger partial charge in [-0.3, -0.25) is 4.79 Å². The van der Waals surface area contributed by atoms with Crippen molar-refractivity contribution in [2.75, 3.05) is 0 Å². The molecule has 0 spiro atoms. The number of rotatable bonds is 2. The van der Waals surface area contributed by atoms with Crippen molar-refractivity contribution >= 4 is 5.78 Å². The molecule has 14 heavy (non-hydrogen) atoms. The van der Waals surface area contributed by atoms with Gasteiger partial charge < -0.3 is 0 Å². The lowest BCUT2D eigenvalue weighted by molar-refractivity contribution is -0.120. The molecule has 1 aromatic rings. The summed E-state index contributed by atoms with van der Waals surface area (Å²) >= 11 is 0. The highest BCUT2D eigenvalue weighted by Crippen LogP contribution is 2.38. The molecule has 72 valence electrons. The zero-order chi connectivity index (χ0) is 10.0. The molecule has 0 aliphatic heterocycles. The van der Waals surface area contributed by atoms with Crippen molar-refractivity contribution in [1.82, 2.24) is 0 Å². The first-order valence-corrected chi connectivity index (χ1v) is 5.02. The third-order valence-electron chi connectivity index (χ3n) is 3.11. The lowest BCUT2D eigenvalue weighted by Crippen LogP contribution is -2.27. The van der Waals surface area contributed by atoms with Gasteiger partial charge >= 0.3 is 0 Å². The minimum Gasteiger partial charge on any atom is -0.298 e. The molecule has 0 saturated heterocycles. The van der Waals surface area contributed by atoms with Gasteiger partial charge in [0.15, 0.2) is 0 Å². The predicted octanol–water partition coefficient (Wildman–Crippen LogP) is 2.86. The molecule has 1 heteroatoms. The summed E-state index contributed by atoms with van der Waals surface area (Å²) in [5, 5.41) is 0. The fraction of sp³-hybridized carbons (Fsp3) is 0.308. The lowest BCUT2D eigenvalue weighted by atomic mass is 9.78. The zero-order valence-electron chi connectivity index (χ0n) is 8.20. The van der Waals surface area contributed by atoms with E-state index in [1.165, 1.54) is 0 Å². The van der Waals surface area contributed by atoms with Crippen molar-refractivity contribution in [1.29, 1.82) is 0 Å². The summed E-state index contributed by atoms with van der Waals surface area (Å²) in [4.78, 5) is 11.9. The summed E-state index contributed by atoms with van der Waals surface area (Å²) in [6, 6.07) is 9.97. The number of hydrogen-bond donors (Lipinski definition) is 0. The van der Waals surface area contributed by atoms with Crippen LogP contribution in [0.25, 0.3) is 0 Å². The molecule has 1 nitrogen and oxygen atoms in total. The van der Waals surface area contributed by atoms with Gasteiger partial charge in [-0.15, -0.1) is 6.58 Å². The minimum absolute atomic E-state index is 0.318. The van der Waals surface area contributed by atoms with Gasteiger partial charge in [0.1, 0.15) is 5.78 Å². The molecular formula is C13H14O. The molecule has 1 fully saturated rings. The van der Waals surface area contributed by atoms with Crippen LogP contribution in [0.2, 0.25) is 0 Å². The van der Waals surface area contributed by atoms with Crippen LogP contribution >= 0.6 is 0 Å². The van der Waals surface area contributed by atoms with E-state index in [-0.39, 0.29) is 5.41 Å². The number of hydrogen-bond acceptors (Lipinski definition) is 1. The second-order valence-electron chi connectivity index (χ2n) is 3.82. The largest absolute Gasteiger partial charge is 0.298 e. The first-order valence-electron chi connectivity index (χ1n) is 5.02. The van der Waals surface area contributed by atoms with Crippen molar-refractivity contribution in [2.24, 2.45) is 0 Å². The van der Waals surface area contributed by atoms with Gasteiger partial charge in [-0.2, -0.15) is 0 Å². The van der Waals surface area contributed by atoms with E-state index in [4.69, 9.17) is 0 Å². The Hall–Kier alpha value is -1.37. The average Bonchev–Trinajstić information content (AvgIpc) is 2.62. The monoisotopic (exact) mass is 186 g/mol. The lowest BCUT2D eigenvalue weighted by Gasteiger charge is -2.23. The third-order valence-corrected chi connectivity index (χ3v) is 3.11. The van der Waals surface area contributed by atoms with E-state index in [2.05, 4.69) is 6.58 Å². The first-order chi connectivity index (χ1) is 6.79. The van der Waals surface area contributed by atoms with E-state index in [1.807, 2.05) is 36.4 Å². The molecule has 2 rings (SSSR count). The van der Waals surface area contributed by atoms with Crippen LogP contribution in [0.4, 0.5) is 0 Å². The van der Waals surface area contributed by atoms with Crippen LogP contribution in [-0.4, -0.2) is 5.78 Å². The van der Waals surface area contributed by atoms with E-state index in [0.717, 1.165) is 18.4 Å². The molecule has 0 amide bonds. The molecule has 1 atom stereocenters. The number of carbonyl (C=O) groups is 1. The summed E-state index contributed by atoms with van der Waals surface area (Å²) < 4.78 is 0. The smallest absolute Gasteiger partial charge is 0.147 e. The average molecular weight is 186 g/mol. The molecule has 0 N–H and O–H groups in total. The van der Waals surface area contributed by atoms with Gasteiger partial charge in [0.05, 0.1) is 5.41 Å². The van der Waals surface area contributed by atoms with E-state index >= 15 is 0 Å². The zero-order valence-corrected chi connectivity index (χ0v) is 8.20. The molecule has 0 aromatic heterocycles. The molecule has 1 aromatic carbocycles. The first kappa shape index (κ1) is 9.20. The van der Waals surface area contributed by atoms with Crippen LogP contribution in [0.3, 0.4) is 0 Å². The molecule has 1 aliphatic carbocycles. The SMILES string of the molecule is C=CC1(c2ccccc2)CCCC1=O. The fourth-order valence-electron chi connectivity index (χ4n) is 2.26. The van der Waals surface area contributed by atoms with Crippen LogP contribution in [0.1, 0.15) is 24.8 Å². The summed E-state index contributed by atoms with van der Waals surface area (Å²) in [7, 11) is 0. The van der Waals surface area contributed by atoms with E-state index in [1.54, 1.807) is 0 Å². The Morgan fingerprint density at radius 2 is 2.00 bits per heavy atom. The van der Waals surface area contributed by atoms with Crippen LogP contribution in [-0.2, 0) is 10.2 Å². The maximum Gasteiger partial charge on any atom is 0.147 e. The maximum absolute atomic E-state index is 11.9. The van der Waals surface area contributed by atoms with Gasteiger partial charge in [-0.1, -0.05) is 36.4 Å². The van der Waals surface area contributed by atoms with Crippen molar-refractivity contribution < 1.29 is 4.79 Å². The summed E-state index contributed by atoms with van der Waals surface area (Å²) in [6.07, 6.45) is 4.41. The highest BCUT2D eigenvalue weighted by molar-refractivity contribution is 5.94. The normalized spacial score (nSPS) is 26.4. The summed E-state index contributed by atoms with van der Waals surface area (Å²) in [5.74, 6) is 0.318. The Balaban J connectivity index is 2.48. The summed E-state index contributed by atoms with van der Waals surface area (Å²) in [6.45, 7) is 3.82. The number of ketones is 1. The van der Waals surface area contributed by atoms with Gasteiger partial charge in [-0.05, 0) is 18.4 Å². The fourth-order valence-corrected chi connectivity index (χ4v) is 2.26. The Morgan fingerprint density at radius 1 is 1.29 bits per heavy atom. The van der Waals surface area contributed by atoms with Crippen LogP contribution in [0.15, 0.2) is 43.0 Å². The van der Waals surface area contributed by atoms with Crippen LogP contribution in [0.5, 0.6) is 0 Å². The molecule has 0 bridgehead atoms. The third kappa shape index (κ3) is 1.20. The second kappa shape index (κ2) is 3.41. The Morgan fingerprint density at radius 3 is 2.50 bits per heavy atom. The second-order valence-corrected chi connectivity index (χ2v) is 3.82. The van der Waals surface area contributed by atoms with E-state index in [9.17, 15) is 4.79 Å². The quantitative estimate of drug-likeness (QED) is 0.649. The predicted molar refractivity (Wildman–Crippen MR) is 57.2 cm³/mol. The van der Waals surface area contributed by atoms with E-state index < -0.39 is 0 Å². The van der Waals surface area contributed by atoms with Gasteiger partial charge in [0.2, 0.25) is 0 Å². The van der Waals surface area contributed by atoms with Crippen molar-refractivity contribution in [2.45, 2.75) is 24.7 Å². The van der Waals surface area contributed by atoms with Crippen molar-refractivity contribution in [3.63, 3.8) is 0 Å². The maximum atomic E-state index is 11.9. The van der Waals surface area contributed by atoms with Crippen molar-refractivity contribution in [3.05, 3.63) is 48.6 Å². The number of carbonyl (C=O) groups excluding carboxylic acids is 1. The molecule has 1 saturated carbocycles. The Labute approximate surface area is 84.5 Å². The highest BCUT2D eigenvalue weighted by Gasteiger charge is 2.40. The minimum atomic E-state index is -0.388. The van der Waals surface area contributed by atoms with Gasteiger partial charge in [0, 0.05) is 6.42 Å². The molecule has 1 aliphatic rings. The van der Waals surface area contributed by atoms with E-state index in [0.29, 0.717) is 12.2 Å². The standard InChI is InChI=1S/C13H14O/c1-2-13(10-6-9-12(13)14)11-7-4-3-5-8-11/h2-5,7-8H,1,6,9-10H2. The Kier molecular flexibility index (Phi) is 2.24. The topological polar surface area (TPSA) is 17.1 Å². The van der Waals surface area contributed by atoms with Crippen LogP contribution < -0.4 is 0 Å². The number of benzene rings is 1. The molecular weight excluding hydrogens is 172 g/mol. The summed E-state index contributed by atoms with van der Waals surface area (Å²) in [5.41, 5.74) is 0.707. The van der Waals surface area contributed by atoms with Crippen molar-refractivity contribution in [3.8, 4) is 0 Å². The Bertz CT molecular complexity index is 353. The van der Waals surface area contributed by atoms with Gasteiger partial charge in [0.25, 0.3) is 0 Å².